The number of urea groups is 1. The van der Waals surface area contributed by atoms with Crippen LogP contribution in [0.4, 0.5) is 4.79 Å². The highest BCUT2D eigenvalue weighted by Gasteiger charge is 2.32. The van der Waals surface area contributed by atoms with Gasteiger partial charge in [0.05, 0.1) is 36.9 Å². The molecular formula is C31H41Cl2N9O4. The van der Waals surface area contributed by atoms with Crippen LogP contribution in [0.3, 0.4) is 0 Å². The second-order valence-electron chi connectivity index (χ2n) is 11.2. The Balaban J connectivity index is 1.52. The molecule has 248 valence electrons. The summed E-state index contributed by atoms with van der Waals surface area (Å²) in [6.45, 7) is 4.96. The van der Waals surface area contributed by atoms with Crippen molar-refractivity contribution in [1.29, 1.82) is 0 Å². The topological polar surface area (TPSA) is 170 Å². The van der Waals surface area contributed by atoms with E-state index in [1.165, 1.54) is 0 Å². The van der Waals surface area contributed by atoms with E-state index in [1.54, 1.807) is 44.0 Å². The van der Waals surface area contributed by atoms with Gasteiger partial charge in [-0.05, 0) is 42.7 Å². The van der Waals surface area contributed by atoms with E-state index in [1.807, 2.05) is 12.1 Å². The largest absolute Gasteiger partial charge is 0.436 e. The molecule has 13 nitrogen and oxygen atoms in total. The standard InChI is InChI=1S/C31H41Cl2N9O4/c1-35-30(44)39-20-31(45)3-8-42(9-4-31)19-22-12-27(23-14-24(32)16-25(33)15-23)40-29(13-22)46-26-17-36-5-10-41(7-2-28(34)43)11-6-37-21-38-18-26/h12-18,21,45H,2-11,19-20H2,1H3,(H2,34,43)(H,37,38)(H2,35,39,44)/b26-18+,36-17?. The number of amides is 3. The zero-order valence-electron chi connectivity index (χ0n) is 25.8. The van der Waals surface area contributed by atoms with E-state index in [2.05, 4.69) is 35.7 Å². The number of nitrogens with two attached hydrogens (primary N) is 1. The number of carbonyl (C=O) groups is 2. The lowest BCUT2D eigenvalue weighted by Crippen LogP contribution is -2.51. The Kier molecular flexibility index (Phi) is 13.2. The quantitative estimate of drug-likeness (QED) is 0.256. The first-order valence-corrected chi connectivity index (χ1v) is 15.9. The number of aliphatic hydroxyl groups is 1. The van der Waals surface area contributed by atoms with Crippen molar-refractivity contribution in [3.05, 3.63) is 57.9 Å². The molecule has 1 fully saturated rings. The fourth-order valence-electron chi connectivity index (χ4n) is 5.05. The molecule has 2 aliphatic heterocycles. The average molecular weight is 675 g/mol. The number of allylic oxidation sites excluding steroid dienone is 1. The van der Waals surface area contributed by atoms with Crippen LogP contribution >= 0.6 is 23.2 Å². The van der Waals surface area contributed by atoms with Gasteiger partial charge in [-0.2, -0.15) is 0 Å². The number of primary amides is 1. The van der Waals surface area contributed by atoms with Crippen molar-refractivity contribution in [1.82, 2.24) is 30.7 Å². The van der Waals surface area contributed by atoms with Crippen LogP contribution in [0.5, 0.6) is 5.88 Å². The summed E-state index contributed by atoms with van der Waals surface area (Å²) in [5, 5.41) is 20.2. The molecule has 0 saturated carbocycles. The van der Waals surface area contributed by atoms with Crippen LogP contribution in [0.25, 0.3) is 11.3 Å². The van der Waals surface area contributed by atoms with Crippen molar-refractivity contribution in [3.8, 4) is 17.1 Å². The number of aliphatic imine (C=N–C) groups is 2. The Hall–Kier alpha value is -3.75. The molecule has 0 bridgehead atoms. The number of nitrogens with one attached hydrogen (secondary N) is 3. The van der Waals surface area contributed by atoms with E-state index >= 15 is 0 Å². The van der Waals surface area contributed by atoms with Gasteiger partial charge in [0.15, 0.2) is 5.76 Å². The van der Waals surface area contributed by atoms with Crippen LogP contribution < -0.4 is 26.4 Å². The van der Waals surface area contributed by atoms with Gasteiger partial charge in [0.25, 0.3) is 0 Å². The average Bonchev–Trinajstić information content (AvgIpc) is 3.01. The molecule has 0 aliphatic carbocycles. The van der Waals surface area contributed by atoms with Crippen molar-refractivity contribution >= 4 is 47.7 Å². The lowest BCUT2D eigenvalue weighted by Gasteiger charge is -2.38. The van der Waals surface area contributed by atoms with Crippen LogP contribution in [-0.4, -0.2) is 109 Å². The van der Waals surface area contributed by atoms with E-state index in [9.17, 15) is 14.7 Å². The number of hydrogen-bond donors (Lipinski definition) is 5. The minimum atomic E-state index is -0.965. The maximum atomic E-state index is 11.6. The summed E-state index contributed by atoms with van der Waals surface area (Å²) in [5.41, 5.74) is 6.67. The highest BCUT2D eigenvalue weighted by Crippen LogP contribution is 2.30. The maximum absolute atomic E-state index is 11.6. The van der Waals surface area contributed by atoms with Gasteiger partial charge in [-0.25, -0.2) is 9.78 Å². The second-order valence-corrected chi connectivity index (χ2v) is 12.1. The van der Waals surface area contributed by atoms with Gasteiger partial charge in [0.1, 0.15) is 0 Å². The number of ether oxygens (including phenoxy) is 1. The van der Waals surface area contributed by atoms with Crippen molar-refractivity contribution in [2.45, 2.75) is 31.4 Å². The highest BCUT2D eigenvalue weighted by atomic mass is 35.5. The number of nitrogens with zero attached hydrogens (tertiary/aromatic N) is 5. The minimum absolute atomic E-state index is 0.189. The van der Waals surface area contributed by atoms with Crippen LogP contribution in [-0.2, 0) is 11.3 Å². The van der Waals surface area contributed by atoms with Crippen LogP contribution in [0.1, 0.15) is 24.8 Å². The number of likely N-dealkylation sites (tertiary alicyclic amines) is 1. The van der Waals surface area contributed by atoms with Crippen molar-refractivity contribution < 1.29 is 19.4 Å². The molecule has 1 aromatic carbocycles. The lowest BCUT2D eigenvalue weighted by atomic mass is 9.91. The highest BCUT2D eigenvalue weighted by molar-refractivity contribution is 6.35. The predicted octanol–water partition coefficient (Wildman–Crippen LogP) is 2.41. The predicted molar refractivity (Wildman–Crippen MR) is 180 cm³/mol. The molecule has 1 saturated heterocycles. The van der Waals surface area contributed by atoms with E-state index in [0.29, 0.717) is 92.6 Å². The third-order valence-electron chi connectivity index (χ3n) is 7.62. The number of aromatic nitrogens is 1. The van der Waals surface area contributed by atoms with Crippen LogP contribution in [0.15, 0.2) is 52.3 Å². The number of pyridine rings is 1. The first-order valence-electron chi connectivity index (χ1n) is 15.1. The first kappa shape index (κ1) is 35.1. The Bertz CT molecular complexity index is 1420. The van der Waals surface area contributed by atoms with Crippen molar-refractivity contribution in [3.63, 3.8) is 0 Å². The Morgan fingerprint density at radius 3 is 2.46 bits per heavy atom. The first-order chi connectivity index (χ1) is 22.1. The SMILES string of the molecule is CNC(=O)NCC1(O)CCN(Cc2cc(O/C3=C/NC=NCCN(CCC(N)=O)CCN=C3)nc(-c3cc(Cl)cc(Cl)c3)c2)CC1. The Morgan fingerprint density at radius 1 is 1.04 bits per heavy atom. The summed E-state index contributed by atoms with van der Waals surface area (Å²) in [7, 11) is 1.54. The van der Waals surface area contributed by atoms with Gasteiger partial charge in [0, 0.05) is 87.2 Å². The molecule has 0 unspecified atom stereocenters. The van der Waals surface area contributed by atoms with Gasteiger partial charge >= 0.3 is 6.03 Å². The molecule has 3 heterocycles. The molecular weight excluding hydrogens is 633 g/mol. The molecule has 15 heteroatoms. The maximum Gasteiger partial charge on any atom is 0.314 e. The Labute approximate surface area is 278 Å². The zero-order valence-corrected chi connectivity index (χ0v) is 27.4. The van der Waals surface area contributed by atoms with E-state index in [-0.39, 0.29) is 24.9 Å². The molecule has 2 aliphatic rings. The van der Waals surface area contributed by atoms with E-state index in [4.69, 9.17) is 38.7 Å². The summed E-state index contributed by atoms with van der Waals surface area (Å²) in [4.78, 5) is 40.9. The molecule has 46 heavy (non-hydrogen) atoms. The molecule has 0 atom stereocenters. The van der Waals surface area contributed by atoms with Crippen LogP contribution in [0.2, 0.25) is 10.0 Å². The normalized spacial score (nSPS) is 18.7. The third kappa shape index (κ3) is 11.6. The summed E-state index contributed by atoms with van der Waals surface area (Å²) in [6, 6.07) is 8.77. The van der Waals surface area contributed by atoms with Crippen LogP contribution in [0, 0.1) is 0 Å². The van der Waals surface area contributed by atoms with Gasteiger partial charge in [0.2, 0.25) is 11.8 Å². The number of rotatable bonds is 10. The molecule has 6 N–H and O–H groups in total. The van der Waals surface area contributed by atoms with Crippen molar-refractivity contribution in [2.24, 2.45) is 15.7 Å². The Morgan fingerprint density at radius 2 is 1.76 bits per heavy atom. The third-order valence-corrected chi connectivity index (χ3v) is 8.05. The summed E-state index contributed by atoms with van der Waals surface area (Å²) in [6.07, 6.45) is 6.15. The second kappa shape index (κ2) is 17.2. The molecule has 2 aromatic rings. The summed E-state index contributed by atoms with van der Waals surface area (Å²) in [5.74, 6) is 0.421. The van der Waals surface area contributed by atoms with Gasteiger partial charge in [-0.1, -0.05) is 23.2 Å². The molecule has 4 rings (SSSR count). The van der Waals surface area contributed by atoms with Crippen molar-refractivity contribution in [2.75, 3.05) is 59.4 Å². The number of carbonyl (C=O) groups excluding carboxylic acids is 2. The number of halogens is 2. The molecule has 3 amide bonds. The lowest BCUT2D eigenvalue weighted by molar-refractivity contribution is -0.118. The smallest absolute Gasteiger partial charge is 0.314 e. The minimum Gasteiger partial charge on any atom is -0.436 e. The summed E-state index contributed by atoms with van der Waals surface area (Å²) >= 11 is 12.7. The number of piperidine rings is 1. The molecule has 0 spiro atoms. The summed E-state index contributed by atoms with van der Waals surface area (Å²) < 4.78 is 6.25. The fraction of sp³-hybridized carbons (Fsp3) is 0.452. The van der Waals surface area contributed by atoms with E-state index < -0.39 is 5.60 Å². The van der Waals surface area contributed by atoms with Gasteiger partial charge in [-0.3, -0.25) is 24.6 Å². The number of benzene rings is 1. The van der Waals surface area contributed by atoms with Gasteiger partial charge in [-0.15, -0.1) is 0 Å². The van der Waals surface area contributed by atoms with E-state index in [0.717, 1.165) is 11.1 Å². The number of hydrogen-bond acceptors (Lipinski definition) is 10. The molecule has 1 aromatic heterocycles. The fourth-order valence-corrected chi connectivity index (χ4v) is 5.58. The molecule has 0 radical (unpaired) electrons. The monoisotopic (exact) mass is 673 g/mol. The van der Waals surface area contributed by atoms with Gasteiger partial charge < -0.3 is 31.5 Å². The zero-order chi connectivity index (χ0) is 32.9.